The van der Waals surface area contributed by atoms with E-state index in [9.17, 15) is 4.79 Å². The van der Waals surface area contributed by atoms with Crippen molar-refractivity contribution in [1.82, 2.24) is 9.78 Å². The number of methoxy groups -OCH3 is 1. The monoisotopic (exact) mass is 360 g/mol. The number of carbonyl (C=O) groups is 1. The van der Waals surface area contributed by atoms with E-state index < -0.39 is 0 Å². The van der Waals surface area contributed by atoms with E-state index in [1.807, 2.05) is 18.5 Å². The SMILES string of the molecule is COc1ccc(NC(=O)CCc2c(C)nn(CCC#N)c2C)cc1Cl. The number of benzene rings is 1. The van der Waals surface area contributed by atoms with E-state index in [2.05, 4.69) is 16.5 Å². The Kier molecular flexibility index (Phi) is 6.43. The van der Waals surface area contributed by atoms with Crippen molar-refractivity contribution in [1.29, 1.82) is 5.26 Å². The van der Waals surface area contributed by atoms with Crippen LogP contribution in [0.1, 0.15) is 29.8 Å². The molecule has 2 rings (SSSR count). The molecule has 2 aromatic rings. The first-order chi connectivity index (χ1) is 12.0. The van der Waals surface area contributed by atoms with Crippen LogP contribution in [0.5, 0.6) is 5.75 Å². The topological polar surface area (TPSA) is 79.9 Å². The number of hydrogen-bond donors (Lipinski definition) is 1. The minimum absolute atomic E-state index is 0.0928. The van der Waals surface area contributed by atoms with Crippen LogP contribution < -0.4 is 10.1 Å². The molecule has 7 heteroatoms. The lowest BCUT2D eigenvalue weighted by Gasteiger charge is -2.08. The first-order valence-electron chi connectivity index (χ1n) is 7.99. The molecule has 0 bridgehead atoms. The van der Waals surface area contributed by atoms with Crippen molar-refractivity contribution >= 4 is 23.2 Å². The maximum Gasteiger partial charge on any atom is 0.224 e. The first-order valence-corrected chi connectivity index (χ1v) is 8.37. The molecule has 0 atom stereocenters. The number of nitrogens with zero attached hydrogens (tertiary/aromatic N) is 3. The molecule has 0 aliphatic rings. The van der Waals surface area contributed by atoms with Gasteiger partial charge in [0.1, 0.15) is 5.75 Å². The predicted molar refractivity (Wildman–Crippen MR) is 96.9 cm³/mol. The minimum Gasteiger partial charge on any atom is -0.495 e. The summed E-state index contributed by atoms with van der Waals surface area (Å²) in [6.07, 6.45) is 1.36. The lowest BCUT2D eigenvalue weighted by molar-refractivity contribution is -0.116. The van der Waals surface area contributed by atoms with Gasteiger partial charge in [-0.3, -0.25) is 9.48 Å². The molecule has 1 aromatic heterocycles. The second kappa shape index (κ2) is 8.54. The number of nitriles is 1. The summed E-state index contributed by atoms with van der Waals surface area (Å²) in [5.74, 6) is 0.473. The average molecular weight is 361 g/mol. The third-order valence-electron chi connectivity index (χ3n) is 4.00. The van der Waals surface area contributed by atoms with Crippen molar-refractivity contribution in [2.75, 3.05) is 12.4 Å². The van der Waals surface area contributed by atoms with Crippen molar-refractivity contribution in [2.24, 2.45) is 0 Å². The molecule has 0 fully saturated rings. The number of aromatic nitrogens is 2. The van der Waals surface area contributed by atoms with Crippen molar-refractivity contribution in [3.63, 3.8) is 0 Å². The zero-order valence-electron chi connectivity index (χ0n) is 14.6. The van der Waals surface area contributed by atoms with Crippen LogP contribution in [-0.4, -0.2) is 22.8 Å². The second-order valence-corrected chi connectivity index (χ2v) is 6.09. The lowest BCUT2D eigenvalue weighted by atomic mass is 10.1. The van der Waals surface area contributed by atoms with Gasteiger partial charge in [-0.15, -0.1) is 0 Å². The number of amides is 1. The van der Waals surface area contributed by atoms with Gasteiger partial charge in [-0.25, -0.2) is 0 Å². The van der Waals surface area contributed by atoms with Gasteiger partial charge >= 0.3 is 0 Å². The molecule has 0 radical (unpaired) electrons. The molecule has 25 heavy (non-hydrogen) atoms. The predicted octanol–water partition coefficient (Wildman–Crippen LogP) is 3.65. The Hall–Kier alpha value is -2.52. The number of nitrogens with one attached hydrogen (secondary N) is 1. The molecule has 1 aromatic carbocycles. The summed E-state index contributed by atoms with van der Waals surface area (Å²) in [7, 11) is 1.54. The highest BCUT2D eigenvalue weighted by Gasteiger charge is 2.13. The summed E-state index contributed by atoms with van der Waals surface area (Å²) >= 11 is 6.06. The normalized spacial score (nSPS) is 10.4. The van der Waals surface area contributed by atoms with Gasteiger partial charge in [-0.1, -0.05) is 11.6 Å². The number of halogens is 1. The fourth-order valence-corrected chi connectivity index (χ4v) is 2.93. The number of aryl methyl sites for hydroxylation is 2. The Bertz CT molecular complexity index is 808. The second-order valence-electron chi connectivity index (χ2n) is 5.68. The highest BCUT2D eigenvalue weighted by atomic mass is 35.5. The van der Waals surface area contributed by atoms with Crippen LogP contribution in [0.2, 0.25) is 5.02 Å². The van der Waals surface area contributed by atoms with Gasteiger partial charge in [0.2, 0.25) is 5.91 Å². The Morgan fingerprint density at radius 2 is 2.20 bits per heavy atom. The molecular formula is C18H21ClN4O2. The van der Waals surface area contributed by atoms with Crippen LogP contribution in [0.15, 0.2) is 18.2 Å². The number of carbonyl (C=O) groups excluding carboxylic acids is 1. The van der Waals surface area contributed by atoms with Gasteiger partial charge < -0.3 is 10.1 Å². The Labute approximate surface area is 152 Å². The van der Waals surface area contributed by atoms with Crippen molar-refractivity contribution in [3.8, 4) is 11.8 Å². The Morgan fingerprint density at radius 3 is 2.84 bits per heavy atom. The highest BCUT2D eigenvalue weighted by Crippen LogP contribution is 2.27. The number of anilines is 1. The smallest absolute Gasteiger partial charge is 0.224 e. The van der Waals surface area contributed by atoms with Gasteiger partial charge in [0, 0.05) is 17.8 Å². The summed E-state index contributed by atoms with van der Waals surface area (Å²) < 4.78 is 6.92. The number of ether oxygens (including phenoxy) is 1. The first kappa shape index (κ1) is 18.8. The van der Waals surface area contributed by atoms with E-state index in [4.69, 9.17) is 21.6 Å². The van der Waals surface area contributed by atoms with Crippen LogP contribution >= 0.6 is 11.6 Å². The van der Waals surface area contributed by atoms with Crippen LogP contribution in [-0.2, 0) is 17.8 Å². The van der Waals surface area contributed by atoms with Crippen LogP contribution in [0.4, 0.5) is 5.69 Å². The van der Waals surface area contributed by atoms with Gasteiger partial charge in [0.25, 0.3) is 0 Å². The molecule has 1 N–H and O–H groups in total. The Balaban J connectivity index is 1.97. The molecule has 1 amide bonds. The molecule has 132 valence electrons. The van der Waals surface area contributed by atoms with Crippen LogP contribution in [0.3, 0.4) is 0 Å². The van der Waals surface area contributed by atoms with Gasteiger partial charge in [0.15, 0.2) is 0 Å². The van der Waals surface area contributed by atoms with Gasteiger partial charge in [-0.05, 0) is 44.0 Å². The molecule has 0 saturated carbocycles. The zero-order chi connectivity index (χ0) is 18.4. The molecule has 0 spiro atoms. The van der Waals surface area contributed by atoms with Crippen molar-refractivity contribution in [2.45, 2.75) is 39.7 Å². The zero-order valence-corrected chi connectivity index (χ0v) is 15.4. The molecule has 0 unspecified atom stereocenters. The molecule has 0 aliphatic carbocycles. The third-order valence-corrected chi connectivity index (χ3v) is 4.30. The van der Waals surface area contributed by atoms with E-state index in [0.717, 1.165) is 17.0 Å². The van der Waals surface area contributed by atoms with Crippen LogP contribution in [0, 0.1) is 25.2 Å². The number of hydrogen-bond acceptors (Lipinski definition) is 4. The molecule has 0 aliphatic heterocycles. The molecule has 0 saturated heterocycles. The minimum atomic E-state index is -0.0928. The Morgan fingerprint density at radius 1 is 1.44 bits per heavy atom. The molecule has 6 nitrogen and oxygen atoms in total. The molecule has 1 heterocycles. The maximum atomic E-state index is 12.2. The summed E-state index contributed by atoms with van der Waals surface area (Å²) in [5, 5.41) is 16.4. The fourth-order valence-electron chi connectivity index (χ4n) is 2.68. The van der Waals surface area contributed by atoms with Crippen molar-refractivity contribution in [3.05, 3.63) is 40.2 Å². The van der Waals surface area contributed by atoms with E-state index in [1.165, 1.54) is 0 Å². The van der Waals surface area contributed by atoms with E-state index in [0.29, 0.717) is 42.3 Å². The standard InChI is InChI=1S/C18H21ClN4O2/c1-12-15(13(2)23(22-12)10-4-9-20)6-8-18(24)21-14-5-7-17(25-3)16(19)11-14/h5,7,11H,4,6,8,10H2,1-3H3,(H,21,24). The van der Waals surface area contributed by atoms with Gasteiger partial charge in [0.05, 0.1) is 36.9 Å². The summed E-state index contributed by atoms with van der Waals surface area (Å²) in [4.78, 5) is 12.2. The largest absolute Gasteiger partial charge is 0.495 e. The third kappa shape index (κ3) is 4.74. The quantitative estimate of drug-likeness (QED) is 0.817. The lowest BCUT2D eigenvalue weighted by Crippen LogP contribution is -2.13. The average Bonchev–Trinajstić information content (AvgIpc) is 2.85. The summed E-state index contributed by atoms with van der Waals surface area (Å²) in [6, 6.07) is 7.24. The van der Waals surface area contributed by atoms with Crippen LogP contribution in [0.25, 0.3) is 0 Å². The number of rotatable bonds is 7. The van der Waals surface area contributed by atoms with Crippen molar-refractivity contribution < 1.29 is 9.53 Å². The van der Waals surface area contributed by atoms with E-state index >= 15 is 0 Å². The fraction of sp³-hybridized carbons (Fsp3) is 0.389. The summed E-state index contributed by atoms with van der Waals surface area (Å²) in [5.41, 5.74) is 3.60. The van der Waals surface area contributed by atoms with E-state index in [1.54, 1.807) is 25.3 Å². The highest BCUT2D eigenvalue weighted by molar-refractivity contribution is 6.32. The maximum absolute atomic E-state index is 12.2. The van der Waals surface area contributed by atoms with E-state index in [-0.39, 0.29) is 5.91 Å². The van der Waals surface area contributed by atoms with Gasteiger partial charge in [-0.2, -0.15) is 10.4 Å². The molecular weight excluding hydrogens is 340 g/mol. The summed E-state index contributed by atoms with van der Waals surface area (Å²) in [6.45, 7) is 4.46.